The number of benzene rings is 7. The molecule has 0 aliphatic carbocycles. The lowest BCUT2D eigenvalue weighted by Gasteiger charge is -2.20. The van der Waals surface area contributed by atoms with Crippen molar-refractivity contribution in [2.24, 2.45) is 4.99 Å². The number of aliphatic imine (C=N–C) groups is 1. The minimum atomic E-state index is -0.395. The minimum absolute atomic E-state index is 0.114. The fourth-order valence-electron chi connectivity index (χ4n) is 9.26. The molecule has 0 unspecified atom stereocenters. The monoisotopic (exact) mass is 1470 g/mol. The van der Waals surface area contributed by atoms with Gasteiger partial charge < -0.3 is 61.3 Å². The van der Waals surface area contributed by atoms with Gasteiger partial charge in [-0.25, -0.2) is 13.8 Å². The van der Waals surface area contributed by atoms with E-state index in [2.05, 4.69) is 33.0 Å². The summed E-state index contributed by atoms with van der Waals surface area (Å²) in [5.74, 6) is -2.52. The summed E-state index contributed by atoms with van der Waals surface area (Å²) in [4.78, 5) is 7.66. The van der Waals surface area contributed by atoms with Crippen LogP contribution in [0.1, 0.15) is 61.2 Å². The van der Waals surface area contributed by atoms with Crippen LogP contribution in [-0.2, 0) is 71.6 Å². The van der Waals surface area contributed by atoms with Crippen molar-refractivity contribution in [1.82, 2.24) is 29.3 Å². The van der Waals surface area contributed by atoms with Crippen LogP contribution in [0.5, 0.6) is 46.0 Å². The van der Waals surface area contributed by atoms with Gasteiger partial charge in [0.2, 0.25) is 0 Å². The predicted octanol–water partition coefficient (Wildman–Crippen LogP) is 16.4. The number of aromatic hydroxyl groups is 8. The lowest BCUT2D eigenvalue weighted by molar-refractivity contribution is 0.403. The van der Waals surface area contributed by atoms with Crippen molar-refractivity contribution in [3.63, 3.8) is 0 Å². The molecule has 4 aliphatic rings. The number of hydrogen-bond acceptors (Lipinski definition) is 14. The summed E-state index contributed by atoms with van der Waals surface area (Å²) in [6.45, 7) is 5.82. The second-order valence-electron chi connectivity index (χ2n) is 19.8. The zero-order valence-electron chi connectivity index (χ0n) is 45.7. The lowest BCUT2D eigenvalue weighted by atomic mass is 10.1. The van der Waals surface area contributed by atoms with Gasteiger partial charge >= 0.3 is 0 Å². The van der Waals surface area contributed by atoms with Crippen molar-refractivity contribution in [1.29, 1.82) is 0 Å². The van der Waals surface area contributed by atoms with Crippen LogP contribution in [0.2, 0.25) is 45.2 Å². The molecule has 0 bridgehead atoms. The first-order valence-electron chi connectivity index (χ1n) is 26.2. The van der Waals surface area contributed by atoms with Crippen LogP contribution in [0.25, 0.3) is 0 Å². The fourth-order valence-corrected chi connectivity index (χ4v) is 12.3. The van der Waals surface area contributed by atoms with Gasteiger partial charge in [0.05, 0.1) is 41.8 Å². The quantitative estimate of drug-likeness (QED) is 0.0282. The molecule has 4 aliphatic heterocycles. The van der Waals surface area contributed by atoms with Crippen LogP contribution in [0.3, 0.4) is 0 Å². The Morgan fingerprint density at radius 2 is 0.705 bits per heavy atom. The Morgan fingerprint density at radius 1 is 0.409 bits per heavy atom. The summed E-state index contributed by atoms with van der Waals surface area (Å²) in [5, 5.41) is 89.4. The van der Waals surface area contributed by atoms with E-state index in [1.165, 1.54) is 32.1 Å². The molecule has 29 heteroatoms. The molecular formula is C59H52Cl11N7O8S3. The van der Waals surface area contributed by atoms with Gasteiger partial charge in [-0.15, -0.1) is 0 Å². The highest BCUT2D eigenvalue weighted by Gasteiger charge is 2.32. The highest BCUT2D eigenvalue weighted by molar-refractivity contribution is 7.80. The van der Waals surface area contributed by atoms with E-state index in [0.29, 0.717) is 109 Å². The summed E-state index contributed by atoms with van der Waals surface area (Å²) in [6, 6.07) is 26.1. The third-order valence-electron chi connectivity index (χ3n) is 13.9. The zero-order chi connectivity index (χ0) is 64.3. The average molecular weight is 1470 g/mol. The number of nitrogens with one attached hydrogen (secondary N) is 2. The minimum Gasteiger partial charge on any atom is -0.504 e. The summed E-state index contributed by atoms with van der Waals surface area (Å²) < 4.78 is 3.01. The molecule has 0 aromatic heterocycles. The van der Waals surface area contributed by atoms with E-state index < -0.39 is 11.5 Å². The van der Waals surface area contributed by atoms with E-state index in [1.807, 2.05) is 82.6 Å². The van der Waals surface area contributed by atoms with Crippen molar-refractivity contribution < 1.29 is 40.9 Å². The predicted molar refractivity (Wildman–Crippen MR) is 364 cm³/mol. The van der Waals surface area contributed by atoms with Gasteiger partial charge in [0.1, 0.15) is 0 Å². The maximum absolute atomic E-state index is 9.82. The van der Waals surface area contributed by atoms with E-state index in [-0.39, 0.29) is 64.6 Å². The van der Waals surface area contributed by atoms with Crippen LogP contribution < -0.4 is 10.6 Å². The number of phenols is 8. The SMILES string of the molecule is Oc1c(O)c(Cl)c2c(c1Cl)CN(C(=S)NCCc1ccc(Cl)cc1)C2.Oc1c(O)c(Cl)c2c(c1Cl)CN(Cl)C2.Oc1cc2c(c(Cl)c1O)CN(C(=S)NCCc1ccc(Cl)cc1)C2.Oc1cc2c(c(Cl)c1O)CN(Cl)C2.S=C=NCCc1ccc(Cl)cc1. The van der Waals surface area contributed by atoms with Crippen molar-refractivity contribution in [3.8, 4) is 46.0 Å². The van der Waals surface area contributed by atoms with Crippen molar-refractivity contribution >= 4 is 180 Å². The molecule has 0 fully saturated rings. The van der Waals surface area contributed by atoms with Gasteiger partial charge in [-0.05, 0) is 178 Å². The zero-order valence-corrected chi connectivity index (χ0v) is 56.4. The second kappa shape index (κ2) is 32.5. The third kappa shape index (κ3) is 18.0. The molecule has 7 aromatic rings. The highest BCUT2D eigenvalue weighted by Crippen LogP contribution is 2.49. The number of rotatable bonds is 9. The first-order chi connectivity index (χ1) is 41.8. The van der Waals surface area contributed by atoms with Crippen molar-refractivity contribution in [3.05, 3.63) is 191 Å². The highest BCUT2D eigenvalue weighted by atomic mass is 35.5. The van der Waals surface area contributed by atoms with Crippen LogP contribution in [0.15, 0.2) is 89.9 Å². The van der Waals surface area contributed by atoms with Crippen LogP contribution in [-0.4, -0.2) is 94.5 Å². The largest absolute Gasteiger partial charge is 0.504 e. The van der Waals surface area contributed by atoms with Gasteiger partial charge in [-0.3, -0.25) is 0 Å². The molecule has 88 heavy (non-hydrogen) atoms. The lowest BCUT2D eigenvalue weighted by Crippen LogP contribution is -2.37. The Bertz CT molecular complexity index is 3690. The molecule has 11 rings (SSSR count). The van der Waals surface area contributed by atoms with E-state index in [1.54, 1.807) is 0 Å². The molecule has 15 nitrogen and oxygen atoms in total. The topological polar surface area (TPSA) is 211 Å². The number of fused-ring (bicyclic) bond motifs is 4. The number of phenolic OH excluding ortho intramolecular Hbond substituents is 8. The molecule has 4 heterocycles. The number of nitrogens with zero attached hydrogens (tertiary/aromatic N) is 5. The van der Waals surface area contributed by atoms with E-state index in [0.717, 1.165) is 57.1 Å². The summed E-state index contributed by atoms with van der Waals surface area (Å²) in [5.41, 5.74) is 9.57. The third-order valence-corrected chi connectivity index (χ3v) is 18.5. The summed E-state index contributed by atoms with van der Waals surface area (Å²) in [6.07, 6.45) is 2.53. The molecule has 0 atom stereocenters. The molecule has 466 valence electrons. The van der Waals surface area contributed by atoms with E-state index in [9.17, 15) is 40.9 Å². The first-order valence-corrected chi connectivity index (χ1v) is 31.5. The summed E-state index contributed by atoms with van der Waals surface area (Å²) in [7, 11) is 0. The van der Waals surface area contributed by atoms with Gasteiger partial charge in [-0.1, -0.05) is 141 Å². The van der Waals surface area contributed by atoms with Gasteiger partial charge in [0, 0.05) is 91.6 Å². The first kappa shape index (κ1) is 70.7. The Labute approximate surface area is 578 Å². The Balaban J connectivity index is 0.000000162. The molecule has 0 amide bonds. The number of halogens is 11. The van der Waals surface area contributed by atoms with Crippen LogP contribution in [0.4, 0.5) is 0 Å². The van der Waals surface area contributed by atoms with Gasteiger partial charge in [0.25, 0.3) is 0 Å². The van der Waals surface area contributed by atoms with Crippen LogP contribution >= 0.6 is 165 Å². The molecule has 0 radical (unpaired) electrons. The van der Waals surface area contributed by atoms with Crippen molar-refractivity contribution in [2.75, 3.05) is 19.6 Å². The molecular weight excluding hydrogens is 1420 g/mol. The normalized spacial score (nSPS) is 13.4. The number of hydrogen-bond donors (Lipinski definition) is 10. The van der Waals surface area contributed by atoms with E-state index >= 15 is 0 Å². The maximum atomic E-state index is 9.82. The fraction of sp³-hybridized carbons (Fsp3) is 0.237. The molecule has 0 saturated heterocycles. The molecule has 0 saturated carbocycles. The van der Waals surface area contributed by atoms with Crippen LogP contribution in [0, 0.1) is 0 Å². The standard InChI is InChI=1S/C17H15Cl3N2O2S.C17H16Cl2N2O2S.C9H8ClNS.C8H6Cl3NO2.C8H7Cl2NO2/c18-10-3-1-9(2-4-10)5-6-21-17(25)22-7-11-12(8-22)14(20)16(24)15(23)13(11)19;18-12-3-1-10(2-4-12)5-6-20-17(24)21-8-11-7-14(22)16(23)15(19)13(11)9-21;10-9-3-1-8(2-4-9)5-6-11-7-12;9-5-3-1-12(11)2-4(3)6(10)8(14)7(5)13;9-7-5-3-11(10)2-4(5)1-6(12)8(7)13/h1-4,23-24H,5-8H2,(H,21,25);1-4,7,22-23H,5-6,8-9H2,(H,20,24);1-4H,5-6H2;13-14H,1-2H2;1,12-13H,2-3H2. The molecule has 10 N–H and O–H groups in total. The number of thiocarbonyl (C=S) groups is 3. The van der Waals surface area contributed by atoms with E-state index in [4.69, 9.17) is 152 Å². The Kier molecular flexibility index (Phi) is 26.1. The maximum Gasteiger partial charge on any atom is 0.178 e. The molecule has 0 spiro atoms. The number of isothiocyanates is 1. The average Bonchev–Trinajstić information content (AvgIpc) is 4.45. The molecule has 7 aromatic carbocycles. The van der Waals surface area contributed by atoms with Gasteiger partial charge in [0.15, 0.2) is 56.2 Å². The summed E-state index contributed by atoms with van der Waals surface area (Å²) >= 11 is 80.1. The Hall–Kier alpha value is -4.77. The smallest absolute Gasteiger partial charge is 0.178 e. The van der Waals surface area contributed by atoms with Gasteiger partial charge in [-0.2, -0.15) is 0 Å². The Morgan fingerprint density at radius 3 is 1.09 bits per heavy atom. The second-order valence-corrected chi connectivity index (χ2v) is 25.3. The van der Waals surface area contributed by atoms with Crippen molar-refractivity contribution in [2.45, 2.75) is 71.6 Å².